The highest BCUT2D eigenvalue weighted by Crippen LogP contribution is 2.20. The van der Waals surface area contributed by atoms with Crippen LogP contribution in [0.1, 0.15) is 5.76 Å². The van der Waals surface area contributed by atoms with Crippen molar-refractivity contribution >= 4 is 23.2 Å². The quantitative estimate of drug-likeness (QED) is 0.681. The average Bonchev–Trinajstić information content (AvgIpc) is 2.73. The predicted octanol–water partition coefficient (Wildman–Crippen LogP) is 3.59. The van der Waals surface area contributed by atoms with Gasteiger partial charge in [-0.1, -0.05) is 11.6 Å². The van der Waals surface area contributed by atoms with Gasteiger partial charge in [-0.2, -0.15) is 0 Å². The van der Waals surface area contributed by atoms with Crippen molar-refractivity contribution in [2.75, 3.05) is 5.32 Å². The molecule has 1 N–H and O–H groups in total. The van der Waals surface area contributed by atoms with Crippen LogP contribution in [-0.2, 0) is 6.54 Å². The molecule has 0 aliphatic rings. The van der Waals surface area contributed by atoms with Gasteiger partial charge in [-0.15, -0.1) is 0 Å². The second kappa shape index (κ2) is 5.05. The summed E-state index contributed by atoms with van der Waals surface area (Å²) in [6.07, 6.45) is 0. The highest BCUT2D eigenvalue weighted by molar-refractivity contribution is 6.30. The fraction of sp³-hybridized carbons (Fsp3) is 0.0909. The topological polar surface area (TPSA) is 68.3 Å². The second-order valence-corrected chi connectivity index (χ2v) is 3.95. The molecule has 7 heteroatoms. The first-order valence-electron chi connectivity index (χ1n) is 4.97. The summed E-state index contributed by atoms with van der Waals surface area (Å²) in [6.45, 7) is 0.202. The molecule has 94 valence electrons. The summed E-state index contributed by atoms with van der Waals surface area (Å²) in [5, 5.41) is 13.5. The van der Waals surface area contributed by atoms with Crippen LogP contribution in [0.4, 0.5) is 16.0 Å². The van der Waals surface area contributed by atoms with Gasteiger partial charge >= 0.3 is 5.88 Å². The lowest BCUT2D eigenvalue weighted by Crippen LogP contribution is -1.98. The second-order valence-electron chi connectivity index (χ2n) is 3.51. The highest BCUT2D eigenvalue weighted by Gasteiger charge is 2.11. The Morgan fingerprint density at radius 1 is 1.39 bits per heavy atom. The molecule has 0 atom stereocenters. The Morgan fingerprint density at radius 2 is 2.17 bits per heavy atom. The molecule has 0 bridgehead atoms. The monoisotopic (exact) mass is 270 g/mol. The van der Waals surface area contributed by atoms with Gasteiger partial charge in [0.2, 0.25) is 0 Å². The Hall–Kier alpha value is -2.08. The van der Waals surface area contributed by atoms with E-state index in [9.17, 15) is 14.5 Å². The lowest BCUT2D eigenvalue weighted by Gasteiger charge is -2.04. The Kier molecular flexibility index (Phi) is 3.47. The first kappa shape index (κ1) is 12.4. The molecule has 1 aromatic carbocycles. The maximum Gasteiger partial charge on any atom is 0.433 e. The molecule has 0 saturated carbocycles. The first-order valence-corrected chi connectivity index (χ1v) is 5.35. The Bertz CT molecular complexity index is 565. The van der Waals surface area contributed by atoms with E-state index in [1.165, 1.54) is 24.3 Å². The van der Waals surface area contributed by atoms with Gasteiger partial charge in [0.05, 0.1) is 12.6 Å². The van der Waals surface area contributed by atoms with Crippen molar-refractivity contribution in [3.63, 3.8) is 0 Å². The normalized spacial score (nSPS) is 10.3. The van der Waals surface area contributed by atoms with Crippen LogP contribution in [0, 0.1) is 15.9 Å². The Labute approximate surface area is 106 Å². The van der Waals surface area contributed by atoms with Crippen molar-refractivity contribution in [1.29, 1.82) is 0 Å². The van der Waals surface area contributed by atoms with Crippen LogP contribution < -0.4 is 5.32 Å². The summed E-state index contributed by atoms with van der Waals surface area (Å²) in [7, 11) is 0. The van der Waals surface area contributed by atoms with Crippen molar-refractivity contribution < 1.29 is 13.7 Å². The predicted molar refractivity (Wildman–Crippen MR) is 64.1 cm³/mol. The van der Waals surface area contributed by atoms with Gasteiger partial charge < -0.3 is 9.73 Å². The van der Waals surface area contributed by atoms with Gasteiger partial charge in [0, 0.05) is 10.7 Å². The number of nitro groups is 1. The molecule has 0 radical (unpaired) electrons. The molecule has 0 fully saturated rings. The molecule has 5 nitrogen and oxygen atoms in total. The number of hydrogen-bond donors (Lipinski definition) is 1. The number of benzene rings is 1. The zero-order valence-corrected chi connectivity index (χ0v) is 9.78. The molecule has 0 unspecified atom stereocenters. The van der Waals surface area contributed by atoms with E-state index < -0.39 is 10.7 Å². The smallest absolute Gasteiger partial charge is 0.404 e. The van der Waals surface area contributed by atoms with E-state index in [1.54, 1.807) is 6.07 Å². The van der Waals surface area contributed by atoms with Crippen molar-refractivity contribution in [1.82, 2.24) is 0 Å². The number of nitrogens with one attached hydrogen (secondary N) is 1. The van der Waals surface area contributed by atoms with E-state index in [0.717, 1.165) is 0 Å². The molecule has 0 amide bonds. The number of nitrogens with zero attached hydrogens (tertiary/aromatic N) is 1. The zero-order valence-electron chi connectivity index (χ0n) is 9.02. The van der Waals surface area contributed by atoms with Crippen LogP contribution in [0.15, 0.2) is 34.7 Å². The lowest BCUT2D eigenvalue weighted by atomic mass is 10.3. The van der Waals surface area contributed by atoms with Crippen molar-refractivity contribution in [2.45, 2.75) is 6.54 Å². The Morgan fingerprint density at radius 3 is 2.78 bits per heavy atom. The van der Waals surface area contributed by atoms with Crippen LogP contribution in [-0.4, -0.2) is 4.92 Å². The van der Waals surface area contributed by atoms with E-state index in [-0.39, 0.29) is 17.5 Å². The summed E-state index contributed by atoms with van der Waals surface area (Å²) >= 11 is 5.68. The van der Waals surface area contributed by atoms with Crippen molar-refractivity contribution in [3.05, 3.63) is 57.0 Å². The Balaban J connectivity index is 2.04. The lowest BCUT2D eigenvalue weighted by molar-refractivity contribution is -0.402. The maximum absolute atomic E-state index is 13.0. The third-order valence-electron chi connectivity index (χ3n) is 2.16. The molecule has 0 saturated heterocycles. The SMILES string of the molecule is O=[N+]([O-])c1ccc(CNc2cc(F)cc(Cl)c2)o1. The van der Waals surface area contributed by atoms with Gasteiger partial charge in [0.25, 0.3) is 0 Å². The summed E-state index contributed by atoms with van der Waals surface area (Å²) in [5.41, 5.74) is 0.471. The highest BCUT2D eigenvalue weighted by atomic mass is 35.5. The molecule has 1 aromatic heterocycles. The number of rotatable bonds is 4. The molecule has 0 aliphatic carbocycles. The van der Waals surface area contributed by atoms with Gasteiger partial charge in [0.15, 0.2) is 0 Å². The van der Waals surface area contributed by atoms with Gasteiger partial charge in [0.1, 0.15) is 16.5 Å². The minimum Gasteiger partial charge on any atom is -0.404 e. The van der Waals surface area contributed by atoms with Crippen LogP contribution in [0.3, 0.4) is 0 Å². The molecule has 2 aromatic rings. The third kappa shape index (κ3) is 2.98. The number of anilines is 1. The molecule has 1 heterocycles. The zero-order chi connectivity index (χ0) is 13.1. The summed E-state index contributed by atoms with van der Waals surface area (Å²) in [4.78, 5) is 9.78. The largest absolute Gasteiger partial charge is 0.433 e. The van der Waals surface area contributed by atoms with E-state index in [0.29, 0.717) is 11.4 Å². The van der Waals surface area contributed by atoms with E-state index in [1.807, 2.05) is 0 Å². The van der Waals surface area contributed by atoms with Gasteiger partial charge in [-0.3, -0.25) is 10.1 Å². The van der Waals surface area contributed by atoms with Crippen LogP contribution in [0.2, 0.25) is 5.02 Å². The minimum atomic E-state index is -0.622. The third-order valence-corrected chi connectivity index (χ3v) is 2.37. The average molecular weight is 271 g/mol. The van der Waals surface area contributed by atoms with E-state index in [4.69, 9.17) is 16.0 Å². The van der Waals surface area contributed by atoms with Crippen LogP contribution in [0.5, 0.6) is 0 Å². The van der Waals surface area contributed by atoms with Crippen molar-refractivity contribution in [2.24, 2.45) is 0 Å². The van der Waals surface area contributed by atoms with Gasteiger partial charge in [-0.25, -0.2) is 4.39 Å². The summed E-state index contributed by atoms with van der Waals surface area (Å²) in [6, 6.07) is 6.73. The van der Waals surface area contributed by atoms with Crippen LogP contribution in [0.25, 0.3) is 0 Å². The standard InChI is InChI=1S/C11H8ClFN2O3/c12-7-3-8(13)5-9(4-7)14-6-10-1-2-11(18-10)15(16)17/h1-5,14H,6H2. The fourth-order valence-corrected chi connectivity index (χ4v) is 1.63. The number of furan rings is 1. The van der Waals surface area contributed by atoms with Crippen LogP contribution >= 0.6 is 11.6 Å². The number of hydrogen-bond acceptors (Lipinski definition) is 4. The summed E-state index contributed by atoms with van der Waals surface area (Å²) in [5.74, 6) is -0.415. The van der Waals surface area contributed by atoms with Crippen molar-refractivity contribution in [3.8, 4) is 0 Å². The summed E-state index contributed by atoms with van der Waals surface area (Å²) < 4.78 is 18.0. The maximum atomic E-state index is 13.0. The fourth-order valence-electron chi connectivity index (χ4n) is 1.40. The van der Waals surface area contributed by atoms with E-state index >= 15 is 0 Å². The molecular weight excluding hydrogens is 263 g/mol. The molecule has 18 heavy (non-hydrogen) atoms. The first-order chi connectivity index (χ1) is 8.54. The molecule has 0 spiro atoms. The molecule has 0 aliphatic heterocycles. The molecule has 2 rings (SSSR count). The minimum absolute atomic E-state index is 0.202. The van der Waals surface area contributed by atoms with E-state index in [2.05, 4.69) is 5.32 Å². The molecular formula is C11H8ClFN2O3. The van der Waals surface area contributed by atoms with Gasteiger partial charge in [-0.05, 0) is 24.3 Å². The number of halogens is 2.